The van der Waals surface area contributed by atoms with Crippen molar-refractivity contribution in [2.24, 2.45) is 0 Å². The summed E-state index contributed by atoms with van der Waals surface area (Å²) in [4.78, 5) is 7.98. The van der Waals surface area contributed by atoms with Gasteiger partial charge in [0.25, 0.3) is 0 Å². The first-order valence-corrected chi connectivity index (χ1v) is 4.57. The first-order valence-electron chi connectivity index (χ1n) is 4.57. The maximum absolute atomic E-state index is 8.82. The van der Waals surface area contributed by atoms with E-state index in [2.05, 4.69) is 15.3 Å². The molecule has 0 saturated carbocycles. The highest BCUT2D eigenvalue weighted by Crippen LogP contribution is 2.14. The molecule has 0 aliphatic carbocycles. The number of hydrogen-bond acceptors (Lipinski definition) is 5. The molecule has 1 rings (SSSR count). The number of hydrogen-bond donors (Lipinski definition) is 1. The SMILES string of the molecule is COCC(C)(C)Nc1nccnc1C#N. The van der Waals surface area contributed by atoms with E-state index in [1.165, 1.54) is 6.20 Å². The summed E-state index contributed by atoms with van der Waals surface area (Å²) in [6, 6.07) is 1.98. The van der Waals surface area contributed by atoms with Crippen LogP contribution in [0.5, 0.6) is 0 Å². The molecule has 0 saturated heterocycles. The highest BCUT2D eigenvalue weighted by Gasteiger charge is 2.19. The molecular weight excluding hydrogens is 192 g/mol. The maximum atomic E-state index is 8.82. The molecule has 0 spiro atoms. The van der Waals surface area contributed by atoms with Gasteiger partial charge < -0.3 is 10.1 Å². The molecule has 0 fully saturated rings. The second-order valence-electron chi connectivity index (χ2n) is 3.81. The van der Waals surface area contributed by atoms with Gasteiger partial charge >= 0.3 is 0 Å². The Morgan fingerprint density at radius 3 is 2.73 bits per heavy atom. The first-order chi connectivity index (χ1) is 7.09. The van der Waals surface area contributed by atoms with Crippen molar-refractivity contribution in [1.82, 2.24) is 9.97 Å². The summed E-state index contributed by atoms with van der Waals surface area (Å²) in [5.74, 6) is 0.488. The molecule has 0 aromatic carbocycles. The van der Waals surface area contributed by atoms with Gasteiger partial charge in [0.15, 0.2) is 11.5 Å². The van der Waals surface area contributed by atoms with Gasteiger partial charge in [-0.3, -0.25) is 0 Å². The Hall–Kier alpha value is -1.67. The molecule has 5 heteroatoms. The van der Waals surface area contributed by atoms with Crippen molar-refractivity contribution >= 4 is 5.82 Å². The number of anilines is 1. The number of nitrogens with zero attached hydrogens (tertiary/aromatic N) is 3. The van der Waals surface area contributed by atoms with Crippen molar-refractivity contribution in [3.8, 4) is 6.07 Å². The molecule has 1 aromatic heterocycles. The maximum Gasteiger partial charge on any atom is 0.182 e. The lowest BCUT2D eigenvalue weighted by Crippen LogP contribution is -2.36. The predicted molar refractivity (Wildman–Crippen MR) is 56.3 cm³/mol. The number of ether oxygens (including phenoxy) is 1. The zero-order chi connectivity index (χ0) is 11.3. The number of rotatable bonds is 4. The van der Waals surface area contributed by atoms with E-state index >= 15 is 0 Å². The lowest BCUT2D eigenvalue weighted by atomic mass is 10.1. The minimum absolute atomic E-state index is 0.281. The van der Waals surface area contributed by atoms with Crippen LogP contribution in [0.15, 0.2) is 12.4 Å². The predicted octanol–water partition coefficient (Wildman–Crippen LogP) is 1.19. The fourth-order valence-electron chi connectivity index (χ4n) is 1.23. The van der Waals surface area contributed by atoms with Crippen LogP contribution in [0, 0.1) is 11.3 Å². The summed E-state index contributed by atoms with van der Waals surface area (Å²) in [6.07, 6.45) is 3.04. The van der Waals surface area contributed by atoms with Crippen LogP contribution in [0.3, 0.4) is 0 Å². The molecular formula is C10H14N4O. The van der Waals surface area contributed by atoms with Crippen molar-refractivity contribution < 1.29 is 4.74 Å². The van der Waals surface area contributed by atoms with E-state index in [0.29, 0.717) is 18.1 Å². The molecule has 0 aliphatic heterocycles. The third-order valence-electron chi connectivity index (χ3n) is 1.77. The number of aromatic nitrogens is 2. The van der Waals surface area contributed by atoms with E-state index in [-0.39, 0.29) is 5.54 Å². The average molecular weight is 206 g/mol. The van der Waals surface area contributed by atoms with E-state index in [9.17, 15) is 0 Å². The Morgan fingerprint density at radius 2 is 2.13 bits per heavy atom. The standard InChI is InChI=1S/C10H14N4O/c1-10(2,7-15-3)14-9-8(6-11)12-4-5-13-9/h4-5H,7H2,1-3H3,(H,13,14). The van der Waals surface area contributed by atoms with Crippen molar-refractivity contribution in [2.75, 3.05) is 19.0 Å². The summed E-state index contributed by atoms with van der Waals surface area (Å²) in [7, 11) is 1.63. The Balaban J connectivity index is 2.85. The summed E-state index contributed by atoms with van der Waals surface area (Å²) >= 11 is 0. The Morgan fingerprint density at radius 1 is 1.47 bits per heavy atom. The van der Waals surface area contributed by atoms with Crippen LogP contribution in [0.4, 0.5) is 5.82 Å². The fraction of sp³-hybridized carbons (Fsp3) is 0.500. The average Bonchev–Trinajstić information content (AvgIpc) is 2.17. The summed E-state index contributed by atoms with van der Waals surface area (Å²) < 4.78 is 5.06. The fourth-order valence-corrected chi connectivity index (χ4v) is 1.23. The molecule has 1 heterocycles. The third-order valence-corrected chi connectivity index (χ3v) is 1.77. The number of nitriles is 1. The molecule has 0 atom stereocenters. The lowest BCUT2D eigenvalue weighted by molar-refractivity contribution is 0.158. The van der Waals surface area contributed by atoms with E-state index in [0.717, 1.165) is 0 Å². The monoisotopic (exact) mass is 206 g/mol. The minimum Gasteiger partial charge on any atom is -0.382 e. The molecule has 0 amide bonds. The van der Waals surface area contributed by atoms with Gasteiger partial charge in [-0.2, -0.15) is 5.26 Å². The Bertz CT molecular complexity index is 370. The molecule has 1 aromatic rings. The quantitative estimate of drug-likeness (QED) is 0.801. The highest BCUT2D eigenvalue weighted by molar-refractivity contribution is 5.48. The zero-order valence-electron chi connectivity index (χ0n) is 9.11. The topological polar surface area (TPSA) is 70.8 Å². The van der Waals surface area contributed by atoms with Crippen LogP contribution in [-0.4, -0.2) is 29.2 Å². The minimum atomic E-state index is -0.281. The molecule has 1 N–H and O–H groups in total. The zero-order valence-corrected chi connectivity index (χ0v) is 9.11. The molecule has 0 aliphatic rings. The van der Waals surface area contributed by atoms with Crippen molar-refractivity contribution in [1.29, 1.82) is 5.26 Å². The lowest BCUT2D eigenvalue weighted by Gasteiger charge is -2.25. The number of methoxy groups -OCH3 is 1. The van der Waals surface area contributed by atoms with Gasteiger partial charge in [-0.25, -0.2) is 9.97 Å². The summed E-state index contributed by atoms with van der Waals surface area (Å²) in [5.41, 5.74) is 0.0119. The van der Waals surface area contributed by atoms with E-state index in [1.807, 2.05) is 19.9 Å². The highest BCUT2D eigenvalue weighted by atomic mass is 16.5. The summed E-state index contributed by atoms with van der Waals surface area (Å²) in [6.45, 7) is 4.45. The van der Waals surface area contributed by atoms with E-state index in [1.54, 1.807) is 13.3 Å². The van der Waals surface area contributed by atoms with Gasteiger partial charge in [-0.1, -0.05) is 0 Å². The van der Waals surface area contributed by atoms with Crippen LogP contribution in [0.2, 0.25) is 0 Å². The van der Waals surface area contributed by atoms with Crippen LogP contribution in [-0.2, 0) is 4.74 Å². The molecule has 0 unspecified atom stereocenters. The molecule has 0 radical (unpaired) electrons. The van der Waals surface area contributed by atoms with Gasteiger partial charge in [0.1, 0.15) is 6.07 Å². The van der Waals surface area contributed by atoms with Crippen molar-refractivity contribution in [3.05, 3.63) is 18.1 Å². The normalized spacial score (nSPS) is 10.8. The van der Waals surface area contributed by atoms with E-state index < -0.39 is 0 Å². The van der Waals surface area contributed by atoms with Crippen LogP contribution in [0.25, 0.3) is 0 Å². The smallest absolute Gasteiger partial charge is 0.182 e. The first kappa shape index (κ1) is 11.4. The Kier molecular flexibility index (Phi) is 3.58. The van der Waals surface area contributed by atoms with Crippen LogP contribution < -0.4 is 5.32 Å². The second kappa shape index (κ2) is 4.71. The largest absolute Gasteiger partial charge is 0.382 e. The molecule has 15 heavy (non-hydrogen) atoms. The second-order valence-corrected chi connectivity index (χ2v) is 3.81. The molecule has 5 nitrogen and oxygen atoms in total. The molecule has 80 valence electrons. The van der Waals surface area contributed by atoms with Gasteiger partial charge in [0, 0.05) is 19.5 Å². The van der Waals surface area contributed by atoms with E-state index in [4.69, 9.17) is 10.00 Å². The third kappa shape index (κ3) is 3.18. The van der Waals surface area contributed by atoms with Crippen LogP contribution >= 0.6 is 0 Å². The van der Waals surface area contributed by atoms with Gasteiger partial charge in [-0.05, 0) is 13.8 Å². The van der Waals surface area contributed by atoms with Crippen molar-refractivity contribution in [3.63, 3.8) is 0 Å². The van der Waals surface area contributed by atoms with Gasteiger partial charge in [0.05, 0.1) is 12.1 Å². The molecule has 0 bridgehead atoms. The van der Waals surface area contributed by atoms with Crippen molar-refractivity contribution in [2.45, 2.75) is 19.4 Å². The van der Waals surface area contributed by atoms with Gasteiger partial charge in [-0.15, -0.1) is 0 Å². The van der Waals surface area contributed by atoms with Gasteiger partial charge in [0.2, 0.25) is 0 Å². The number of nitrogens with one attached hydrogen (secondary N) is 1. The summed E-state index contributed by atoms with van der Waals surface area (Å²) in [5, 5.41) is 11.9. The Labute approximate surface area is 89.1 Å². The van der Waals surface area contributed by atoms with Crippen LogP contribution in [0.1, 0.15) is 19.5 Å².